The van der Waals surface area contributed by atoms with Crippen LogP contribution in [0, 0.1) is 6.92 Å². The third-order valence-corrected chi connectivity index (χ3v) is 0. The maximum Gasteiger partial charge on any atom is 2.00 e. The molecule has 0 aliphatic rings. The van der Waals surface area contributed by atoms with E-state index in [-0.39, 0.29) is 65.9 Å². The van der Waals surface area contributed by atoms with Crippen molar-refractivity contribution >= 4 is 46.1 Å². The van der Waals surface area contributed by atoms with Crippen molar-refractivity contribution in [2.24, 2.45) is 0 Å². The Labute approximate surface area is 79.1 Å². The van der Waals surface area contributed by atoms with Gasteiger partial charge in [-0.1, -0.05) is 0 Å². The van der Waals surface area contributed by atoms with Crippen molar-refractivity contribution in [3.05, 3.63) is 6.92 Å². The Balaban J connectivity index is -0.000000000500. The standard InChI is InChI=1S/C2H5.BrH.2Mg.2H/c1-2;;;;;/h1H2,2H3;1H;;;;/q-1;;2*+2;2*-1/p-1. The molecule has 0 saturated carbocycles. The Hall–Kier alpha value is 2.01. The van der Waals surface area contributed by atoms with E-state index in [0.29, 0.717) is 0 Å². The van der Waals surface area contributed by atoms with Crippen LogP contribution in [0.5, 0.6) is 0 Å². The van der Waals surface area contributed by atoms with Crippen molar-refractivity contribution in [1.29, 1.82) is 0 Å². The summed E-state index contributed by atoms with van der Waals surface area (Å²) >= 11 is 0. The fraction of sp³-hybridized carbons (Fsp3) is 0.500. The summed E-state index contributed by atoms with van der Waals surface area (Å²) in [6, 6.07) is 0. The van der Waals surface area contributed by atoms with Crippen molar-refractivity contribution in [3.63, 3.8) is 0 Å². The van der Waals surface area contributed by atoms with Crippen molar-refractivity contribution in [3.8, 4) is 0 Å². The summed E-state index contributed by atoms with van der Waals surface area (Å²) in [5, 5.41) is 0. The first-order valence-corrected chi connectivity index (χ1v) is 0.707. The van der Waals surface area contributed by atoms with Gasteiger partial charge in [0.25, 0.3) is 0 Å². The summed E-state index contributed by atoms with van der Waals surface area (Å²) in [7, 11) is 0. The molecule has 0 heterocycles. The fourth-order valence-electron chi connectivity index (χ4n) is 0. The normalized spacial score (nSPS) is 1.20. The number of hydrogen-bond acceptors (Lipinski definition) is 0. The molecule has 0 aromatic rings. The maximum absolute atomic E-state index is 3.25. The molecule has 0 fully saturated rings. The largest absolute Gasteiger partial charge is 2.00 e. The summed E-state index contributed by atoms with van der Waals surface area (Å²) in [5.74, 6) is 0. The van der Waals surface area contributed by atoms with E-state index in [1.165, 1.54) is 0 Å². The number of rotatable bonds is 0. The Kier molecular flexibility index (Phi) is 208. The summed E-state index contributed by atoms with van der Waals surface area (Å²) in [6.07, 6.45) is 0. The van der Waals surface area contributed by atoms with Gasteiger partial charge < -0.3 is 26.8 Å². The molecule has 0 unspecified atom stereocenters. The van der Waals surface area contributed by atoms with E-state index < -0.39 is 0 Å². The minimum atomic E-state index is 0. The SMILES string of the molecule is [Br-].[CH2-]C.[H-].[H-].[Mg+2].[Mg+2]. The quantitative estimate of drug-likeness (QED) is 0.267. The molecule has 26 valence electrons. The van der Waals surface area contributed by atoms with Gasteiger partial charge >= 0.3 is 46.1 Å². The van der Waals surface area contributed by atoms with Crippen LogP contribution in [0.15, 0.2) is 0 Å². The molecule has 0 aromatic carbocycles. The minimum Gasteiger partial charge on any atom is -1.00 e. The van der Waals surface area contributed by atoms with E-state index in [1.807, 2.05) is 0 Å². The van der Waals surface area contributed by atoms with E-state index in [2.05, 4.69) is 6.92 Å². The van der Waals surface area contributed by atoms with Crippen molar-refractivity contribution < 1.29 is 19.8 Å². The molecule has 0 bridgehead atoms. The van der Waals surface area contributed by atoms with E-state index in [9.17, 15) is 0 Å². The van der Waals surface area contributed by atoms with Crippen LogP contribution < -0.4 is 17.0 Å². The molecular formula is C2H7BrMg2. The van der Waals surface area contributed by atoms with Crippen LogP contribution in [0.4, 0.5) is 0 Å². The van der Waals surface area contributed by atoms with Crippen LogP contribution in [-0.2, 0) is 0 Å². The second-order valence-corrected chi connectivity index (χ2v) is 0. The molecule has 0 aliphatic carbocycles. The van der Waals surface area contributed by atoms with Gasteiger partial charge in [-0.05, 0) is 0 Å². The fourth-order valence-corrected chi connectivity index (χ4v) is 0. The molecule has 0 rings (SSSR count). The monoisotopic (exact) mass is 158 g/mol. The van der Waals surface area contributed by atoms with Gasteiger partial charge in [0.2, 0.25) is 0 Å². The summed E-state index contributed by atoms with van der Waals surface area (Å²) in [6.45, 7) is 5.00. The van der Waals surface area contributed by atoms with Gasteiger partial charge in [0, 0.05) is 0 Å². The van der Waals surface area contributed by atoms with Gasteiger partial charge in [0.1, 0.15) is 0 Å². The first-order chi connectivity index (χ1) is 1.00. The molecular weight excluding hydrogens is 153 g/mol. The third-order valence-electron chi connectivity index (χ3n) is 0. The van der Waals surface area contributed by atoms with Gasteiger partial charge in [-0.2, -0.15) is 6.92 Å². The Bertz CT molecular complexity index is 13.7. The van der Waals surface area contributed by atoms with Gasteiger partial charge in [0.05, 0.1) is 0 Å². The molecule has 0 radical (unpaired) electrons. The number of hydrogen-bond donors (Lipinski definition) is 0. The van der Waals surface area contributed by atoms with E-state index in [0.717, 1.165) is 0 Å². The average molecular weight is 160 g/mol. The molecule has 0 nitrogen and oxygen atoms in total. The molecule has 0 aliphatic heterocycles. The maximum atomic E-state index is 3.25. The summed E-state index contributed by atoms with van der Waals surface area (Å²) in [4.78, 5) is 0. The molecule has 0 amide bonds. The molecule has 3 heteroatoms. The predicted molar refractivity (Wildman–Crippen MR) is 24.8 cm³/mol. The molecule has 0 atom stereocenters. The number of halogens is 1. The van der Waals surface area contributed by atoms with Crippen LogP contribution in [0.1, 0.15) is 9.78 Å². The smallest absolute Gasteiger partial charge is 1.00 e. The zero-order chi connectivity index (χ0) is 2.00. The van der Waals surface area contributed by atoms with E-state index >= 15 is 0 Å². The van der Waals surface area contributed by atoms with Gasteiger partial charge in [-0.15, -0.1) is 0 Å². The second kappa shape index (κ2) is 37.3. The van der Waals surface area contributed by atoms with Crippen LogP contribution in [0.25, 0.3) is 0 Å². The zero-order valence-electron chi connectivity index (χ0n) is 5.50. The van der Waals surface area contributed by atoms with Gasteiger partial charge in [-0.3, -0.25) is 0 Å². The Morgan fingerprint density at radius 1 is 1.20 bits per heavy atom. The third kappa shape index (κ3) is 23.9. The molecule has 0 N–H and O–H groups in total. The Morgan fingerprint density at radius 3 is 1.20 bits per heavy atom. The van der Waals surface area contributed by atoms with Gasteiger partial charge in [0.15, 0.2) is 0 Å². The van der Waals surface area contributed by atoms with Crippen molar-refractivity contribution in [2.45, 2.75) is 6.92 Å². The van der Waals surface area contributed by atoms with Crippen LogP contribution in [-0.4, -0.2) is 46.1 Å². The minimum absolute atomic E-state index is 0. The molecule has 0 spiro atoms. The van der Waals surface area contributed by atoms with Gasteiger partial charge in [-0.25, -0.2) is 0 Å². The topological polar surface area (TPSA) is 0 Å². The Morgan fingerprint density at radius 2 is 1.20 bits per heavy atom. The van der Waals surface area contributed by atoms with Crippen LogP contribution in [0.2, 0.25) is 0 Å². The van der Waals surface area contributed by atoms with E-state index in [1.54, 1.807) is 6.92 Å². The van der Waals surface area contributed by atoms with Crippen LogP contribution >= 0.6 is 0 Å². The second-order valence-electron chi connectivity index (χ2n) is 0. The predicted octanol–water partition coefficient (Wildman–Crippen LogP) is -2.69. The molecule has 0 aromatic heterocycles. The molecule has 5 heavy (non-hydrogen) atoms. The van der Waals surface area contributed by atoms with E-state index in [4.69, 9.17) is 0 Å². The summed E-state index contributed by atoms with van der Waals surface area (Å²) < 4.78 is 0. The van der Waals surface area contributed by atoms with Crippen LogP contribution in [0.3, 0.4) is 0 Å². The average Bonchev–Trinajstić information content (AvgIpc) is 1.00. The van der Waals surface area contributed by atoms with Crippen molar-refractivity contribution in [2.75, 3.05) is 0 Å². The first kappa shape index (κ1) is 27.9. The summed E-state index contributed by atoms with van der Waals surface area (Å²) in [5.41, 5.74) is 0. The van der Waals surface area contributed by atoms with Crippen molar-refractivity contribution in [1.82, 2.24) is 0 Å². The first-order valence-electron chi connectivity index (χ1n) is 0.707. The zero-order valence-corrected chi connectivity index (χ0v) is 7.91. The molecule has 0 saturated heterocycles.